The zero-order valence-corrected chi connectivity index (χ0v) is 20.2. The van der Waals surface area contributed by atoms with E-state index < -0.39 is 29.3 Å². The number of aliphatic hydroxyl groups is 1. The maximum atomic E-state index is 15.1. The Balaban J connectivity index is 1.94. The monoisotopic (exact) mass is 491 g/mol. The minimum atomic E-state index is -1.21. The van der Waals surface area contributed by atoms with E-state index >= 15 is 4.39 Å². The lowest BCUT2D eigenvalue weighted by Gasteiger charge is -2.26. The zero-order chi connectivity index (χ0) is 25.8. The number of anilines is 1. The Labute approximate surface area is 208 Å². The molecule has 186 valence electrons. The lowest BCUT2D eigenvalue weighted by Crippen LogP contribution is -2.29. The molecule has 1 atom stereocenters. The molecule has 1 aliphatic rings. The molecular formula is C28H26FNO6. The molecule has 0 aliphatic carbocycles. The summed E-state index contributed by atoms with van der Waals surface area (Å²) in [5.41, 5.74) is 0.361. The van der Waals surface area contributed by atoms with E-state index in [1.165, 1.54) is 30.2 Å². The molecule has 0 saturated carbocycles. The summed E-state index contributed by atoms with van der Waals surface area (Å²) < 4.78 is 31.5. The van der Waals surface area contributed by atoms with E-state index in [1.807, 2.05) is 6.92 Å². The van der Waals surface area contributed by atoms with Crippen LogP contribution in [-0.4, -0.2) is 37.1 Å². The van der Waals surface area contributed by atoms with Gasteiger partial charge in [0.2, 0.25) is 0 Å². The van der Waals surface area contributed by atoms with Crippen molar-refractivity contribution < 1.29 is 33.3 Å². The second-order valence-corrected chi connectivity index (χ2v) is 7.91. The van der Waals surface area contributed by atoms with E-state index in [-0.39, 0.29) is 29.1 Å². The van der Waals surface area contributed by atoms with Gasteiger partial charge in [-0.25, -0.2) is 4.39 Å². The van der Waals surface area contributed by atoms with Gasteiger partial charge in [0.15, 0.2) is 0 Å². The highest BCUT2D eigenvalue weighted by Crippen LogP contribution is 2.44. The fourth-order valence-corrected chi connectivity index (χ4v) is 4.21. The van der Waals surface area contributed by atoms with Crippen molar-refractivity contribution in [2.45, 2.75) is 19.9 Å². The van der Waals surface area contributed by atoms with Gasteiger partial charge in [0.05, 0.1) is 37.5 Å². The van der Waals surface area contributed by atoms with Crippen LogP contribution in [0.1, 0.15) is 31.0 Å². The number of rotatable bonds is 8. The maximum Gasteiger partial charge on any atom is 0.300 e. The van der Waals surface area contributed by atoms with Gasteiger partial charge in [-0.3, -0.25) is 14.5 Å². The largest absolute Gasteiger partial charge is 0.507 e. The summed E-state index contributed by atoms with van der Waals surface area (Å²) in [5, 5.41) is 11.4. The number of carbonyl (C=O) groups is 2. The first-order chi connectivity index (χ1) is 17.4. The molecule has 1 amide bonds. The van der Waals surface area contributed by atoms with Gasteiger partial charge >= 0.3 is 0 Å². The van der Waals surface area contributed by atoms with Gasteiger partial charge in [0.1, 0.15) is 28.8 Å². The summed E-state index contributed by atoms with van der Waals surface area (Å²) in [6, 6.07) is 15.9. The molecule has 3 aromatic rings. The number of hydrogen-bond donors (Lipinski definition) is 1. The number of ketones is 1. The number of Topliss-reactive ketones (excluding diaryl/α,β-unsaturated/α-hetero) is 1. The van der Waals surface area contributed by atoms with Crippen LogP contribution in [0, 0.1) is 5.82 Å². The Kier molecular flexibility index (Phi) is 7.24. The van der Waals surface area contributed by atoms with Gasteiger partial charge in [-0.2, -0.15) is 0 Å². The number of aliphatic hydroxyl groups excluding tert-OH is 1. The van der Waals surface area contributed by atoms with Gasteiger partial charge in [-0.1, -0.05) is 18.2 Å². The van der Waals surface area contributed by atoms with Crippen LogP contribution in [0.15, 0.2) is 72.3 Å². The molecule has 1 fully saturated rings. The highest BCUT2D eigenvalue weighted by molar-refractivity contribution is 6.51. The number of ether oxygens (including phenoxy) is 3. The van der Waals surface area contributed by atoms with Crippen molar-refractivity contribution in [2.24, 2.45) is 0 Å². The number of halogens is 1. The average Bonchev–Trinajstić information content (AvgIpc) is 3.14. The molecule has 7 nitrogen and oxygen atoms in total. The maximum absolute atomic E-state index is 15.1. The smallest absolute Gasteiger partial charge is 0.300 e. The average molecular weight is 492 g/mol. The standard InChI is InChI=1S/C28H26FNO6/c1-4-35-19-14-15-21(23(16-19)36-5-2)26(31)24-25(20-8-6-7-9-22(20)29)30(28(33)27(24)32)17-10-12-18(34-3)13-11-17/h6-16,25,31H,4-5H2,1-3H3/b26-24+. The Morgan fingerprint density at radius 2 is 1.61 bits per heavy atom. The predicted molar refractivity (Wildman–Crippen MR) is 133 cm³/mol. The van der Waals surface area contributed by atoms with E-state index in [4.69, 9.17) is 14.2 Å². The molecule has 1 heterocycles. The second kappa shape index (κ2) is 10.5. The normalized spacial score (nSPS) is 16.8. The van der Waals surface area contributed by atoms with Gasteiger partial charge in [0.25, 0.3) is 11.7 Å². The van der Waals surface area contributed by atoms with E-state index in [9.17, 15) is 14.7 Å². The third-order valence-electron chi connectivity index (χ3n) is 5.81. The molecule has 0 spiro atoms. The van der Waals surface area contributed by atoms with Crippen molar-refractivity contribution >= 4 is 23.1 Å². The highest BCUT2D eigenvalue weighted by atomic mass is 19.1. The van der Waals surface area contributed by atoms with E-state index in [0.717, 1.165) is 0 Å². The third-order valence-corrected chi connectivity index (χ3v) is 5.81. The fourth-order valence-electron chi connectivity index (χ4n) is 4.21. The van der Waals surface area contributed by atoms with Gasteiger partial charge in [-0.05, 0) is 56.3 Å². The van der Waals surface area contributed by atoms with Crippen molar-refractivity contribution in [1.29, 1.82) is 0 Å². The number of carbonyl (C=O) groups excluding carboxylic acids is 2. The van der Waals surface area contributed by atoms with Crippen molar-refractivity contribution in [3.63, 3.8) is 0 Å². The van der Waals surface area contributed by atoms with Gasteiger partial charge in [0, 0.05) is 17.3 Å². The Hall–Kier alpha value is -4.33. The summed E-state index contributed by atoms with van der Waals surface area (Å²) >= 11 is 0. The first-order valence-corrected chi connectivity index (χ1v) is 11.5. The Morgan fingerprint density at radius 3 is 2.25 bits per heavy atom. The lowest BCUT2D eigenvalue weighted by molar-refractivity contribution is -0.132. The molecular weight excluding hydrogens is 465 g/mol. The van der Waals surface area contributed by atoms with Crippen LogP contribution in [0.4, 0.5) is 10.1 Å². The quantitative estimate of drug-likeness (QED) is 0.263. The van der Waals surface area contributed by atoms with Crippen LogP contribution in [0.3, 0.4) is 0 Å². The SMILES string of the molecule is CCOc1ccc(/C(O)=C2\C(=O)C(=O)N(c3ccc(OC)cc3)C2c2ccccc2F)c(OCC)c1. The third kappa shape index (κ3) is 4.49. The molecule has 1 unspecified atom stereocenters. The molecule has 1 N–H and O–H groups in total. The number of nitrogens with zero attached hydrogens (tertiary/aromatic N) is 1. The molecule has 0 aromatic heterocycles. The minimum Gasteiger partial charge on any atom is -0.507 e. The van der Waals surface area contributed by atoms with Crippen molar-refractivity contribution in [1.82, 2.24) is 0 Å². The second-order valence-electron chi connectivity index (χ2n) is 7.91. The fraction of sp³-hybridized carbons (Fsp3) is 0.214. The van der Waals surface area contributed by atoms with E-state index in [1.54, 1.807) is 55.5 Å². The van der Waals surface area contributed by atoms with Crippen LogP contribution in [0.5, 0.6) is 17.2 Å². The zero-order valence-electron chi connectivity index (χ0n) is 20.2. The summed E-state index contributed by atoms with van der Waals surface area (Å²) in [7, 11) is 1.51. The summed E-state index contributed by atoms with van der Waals surface area (Å²) in [6.45, 7) is 4.33. The topological polar surface area (TPSA) is 85.3 Å². The van der Waals surface area contributed by atoms with Crippen LogP contribution in [-0.2, 0) is 9.59 Å². The predicted octanol–water partition coefficient (Wildman–Crippen LogP) is 5.26. The van der Waals surface area contributed by atoms with Crippen LogP contribution >= 0.6 is 0 Å². The first kappa shape index (κ1) is 24.8. The van der Waals surface area contributed by atoms with E-state index in [0.29, 0.717) is 23.8 Å². The molecule has 1 aliphatic heterocycles. The van der Waals surface area contributed by atoms with Crippen molar-refractivity contribution in [3.05, 3.63) is 89.2 Å². The number of methoxy groups -OCH3 is 1. The molecule has 0 bridgehead atoms. The van der Waals surface area contributed by atoms with Crippen LogP contribution < -0.4 is 19.1 Å². The van der Waals surface area contributed by atoms with E-state index in [2.05, 4.69) is 0 Å². The summed E-state index contributed by atoms with van der Waals surface area (Å²) in [5.74, 6) is -1.58. The lowest BCUT2D eigenvalue weighted by atomic mass is 9.94. The van der Waals surface area contributed by atoms with Gasteiger partial charge < -0.3 is 19.3 Å². The molecule has 1 saturated heterocycles. The minimum absolute atomic E-state index is 0.0676. The highest BCUT2D eigenvalue weighted by Gasteiger charge is 2.48. The molecule has 0 radical (unpaired) electrons. The Morgan fingerprint density at radius 1 is 0.944 bits per heavy atom. The molecule has 4 rings (SSSR count). The summed E-state index contributed by atoms with van der Waals surface area (Å²) in [4.78, 5) is 27.8. The number of hydrogen-bond acceptors (Lipinski definition) is 6. The Bertz CT molecular complexity index is 1320. The first-order valence-electron chi connectivity index (χ1n) is 11.5. The van der Waals surface area contributed by atoms with Crippen LogP contribution in [0.25, 0.3) is 5.76 Å². The van der Waals surface area contributed by atoms with Gasteiger partial charge in [-0.15, -0.1) is 0 Å². The van der Waals surface area contributed by atoms with Crippen LogP contribution in [0.2, 0.25) is 0 Å². The summed E-state index contributed by atoms with van der Waals surface area (Å²) in [6.07, 6.45) is 0. The number of benzene rings is 3. The van der Waals surface area contributed by atoms with Crippen molar-refractivity contribution in [2.75, 3.05) is 25.2 Å². The number of amides is 1. The molecule has 8 heteroatoms. The van der Waals surface area contributed by atoms with Crippen molar-refractivity contribution in [3.8, 4) is 17.2 Å². The molecule has 3 aromatic carbocycles. The molecule has 36 heavy (non-hydrogen) atoms.